The Morgan fingerprint density at radius 1 is 1.00 bits per heavy atom. The molecule has 0 saturated carbocycles. The second kappa shape index (κ2) is 13.2. The molecule has 0 aliphatic carbocycles. The fourth-order valence-corrected chi connectivity index (χ4v) is 6.14. The molecule has 2 amide bonds. The SMILES string of the molecule is C[C@@H](C(=O)NCc1ccccn1)N(Cc1ccc(Cl)cc1)C(=O)CCc1ccc(S(=O)(=O)N2CCCC2)cc1. The van der Waals surface area contributed by atoms with E-state index >= 15 is 0 Å². The van der Waals surface area contributed by atoms with E-state index < -0.39 is 16.1 Å². The van der Waals surface area contributed by atoms with Gasteiger partial charge in [-0.15, -0.1) is 0 Å². The Morgan fingerprint density at radius 3 is 2.31 bits per heavy atom. The van der Waals surface area contributed by atoms with Gasteiger partial charge in [-0.2, -0.15) is 4.31 Å². The van der Waals surface area contributed by atoms with E-state index in [1.165, 1.54) is 4.31 Å². The number of nitrogens with zero attached hydrogens (tertiary/aromatic N) is 3. The molecular formula is C29H33ClN4O4S. The lowest BCUT2D eigenvalue weighted by Gasteiger charge is -2.29. The highest BCUT2D eigenvalue weighted by Gasteiger charge is 2.28. The molecule has 0 unspecified atom stereocenters. The van der Waals surface area contributed by atoms with Gasteiger partial charge in [-0.05, 0) is 73.7 Å². The highest BCUT2D eigenvalue weighted by atomic mass is 35.5. The molecule has 3 aromatic rings. The molecule has 0 bridgehead atoms. The summed E-state index contributed by atoms with van der Waals surface area (Å²) in [5.74, 6) is -0.460. The van der Waals surface area contributed by atoms with E-state index in [9.17, 15) is 18.0 Å². The molecule has 2 heterocycles. The van der Waals surface area contributed by atoms with Crippen LogP contribution in [-0.4, -0.2) is 53.6 Å². The summed E-state index contributed by atoms with van der Waals surface area (Å²) >= 11 is 6.03. The first-order valence-electron chi connectivity index (χ1n) is 13.0. The van der Waals surface area contributed by atoms with Crippen LogP contribution in [0.4, 0.5) is 0 Å². The Hall–Kier alpha value is -3.27. The van der Waals surface area contributed by atoms with Gasteiger partial charge in [-0.25, -0.2) is 8.42 Å². The van der Waals surface area contributed by atoms with Crippen LogP contribution in [0.5, 0.6) is 0 Å². The van der Waals surface area contributed by atoms with E-state index in [0.717, 1.165) is 29.7 Å². The summed E-state index contributed by atoms with van der Waals surface area (Å²) in [7, 11) is -3.48. The molecule has 1 aliphatic rings. The van der Waals surface area contributed by atoms with Crippen molar-refractivity contribution in [1.82, 2.24) is 19.5 Å². The van der Waals surface area contributed by atoms with Crippen LogP contribution < -0.4 is 5.32 Å². The first-order chi connectivity index (χ1) is 18.7. The van der Waals surface area contributed by atoms with Crippen molar-refractivity contribution in [2.45, 2.75) is 56.6 Å². The number of carbonyl (C=O) groups is 2. The number of benzene rings is 2. The Bertz CT molecular complexity index is 1360. The first-order valence-corrected chi connectivity index (χ1v) is 14.9. The van der Waals surface area contributed by atoms with Crippen molar-refractivity contribution in [1.29, 1.82) is 0 Å². The summed E-state index contributed by atoms with van der Waals surface area (Å²) in [5.41, 5.74) is 2.43. The molecule has 1 saturated heterocycles. The summed E-state index contributed by atoms with van der Waals surface area (Å²) in [6, 6.07) is 18.6. The van der Waals surface area contributed by atoms with Gasteiger partial charge in [-0.1, -0.05) is 41.9 Å². The van der Waals surface area contributed by atoms with E-state index in [1.54, 1.807) is 60.5 Å². The standard InChI is InChI=1S/C29H33ClN4O4S/c1-22(29(36)32-20-26-6-2-3-17-31-26)34(21-24-7-12-25(30)13-8-24)28(35)16-11-23-9-14-27(15-10-23)39(37,38)33-18-4-5-19-33/h2-3,6-10,12-15,17,22H,4-5,11,16,18-21H2,1H3,(H,32,36)/t22-/m0/s1. The van der Waals surface area contributed by atoms with Gasteiger partial charge in [0.15, 0.2) is 0 Å². The molecule has 4 rings (SSSR count). The number of hydrogen-bond acceptors (Lipinski definition) is 5. The number of rotatable bonds is 11. The fourth-order valence-electron chi connectivity index (χ4n) is 4.50. The van der Waals surface area contributed by atoms with Crippen molar-refractivity contribution >= 4 is 33.4 Å². The third-order valence-corrected chi connectivity index (χ3v) is 9.02. The zero-order chi connectivity index (χ0) is 27.8. The van der Waals surface area contributed by atoms with Gasteiger partial charge >= 0.3 is 0 Å². The topological polar surface area (TPSA) is 99.7 Å². The lowest BCUT2D eigenvalue weighted by atomic mass is 10.1. The maximum Gasteiger partial charge on any atom is 0.243 e. The largest absolute Gasteiger partial charge is 0.349 e. The highest BCUT2D eigenvalue weighted by Crippen LogP contribution is 2.22. The lowest BCUT2D eigenvalue weighted by molar-refractivity contribution is -0.140. The molecule has 206 valence electrons. The van der Waals surface area contributed by atoms with Crippen LogP contribution in [0.25, 0.3) is 0 Å². The Labute approximate surface area is 235 Å². The van der Waals surface area contributed by atoms with Crippen LogP contribution in [0.2, 0.25) is 5.02 Å². The molecule has 2 aromatic carbocycles. The molecule has 1 fully saturated rings. The smallest absolute Gasteiger partial charge is 0.243 e. The second-order valence-electron chi connectivity index (χ2n) is 9.62. The lowest BCUT2D eigenvalue weighted by Crippen LogP contribution is -2.47. The molecule has 8 nitrogen and oxygen atoms in total. The molecule has 39 heavy (non-hydrogen) atoms. The number of halogens is 1. The summed E-state index contributed by atoms with van der Waals surface area (Å²) < 4.78 is 27.1. The number of aromatic nitrogens is 1. The normalized spacial score (nSPS) is 14.6. The predicted octanol–water partition coefficient (Wildman–Crippen LogP) is 4.19. The van der Waals surface area contributed by atoms with Gasteiger partial charge < -0.3 is 10.2 Å². The van der Waals surface area contributed by atoms with Crippen LogP contribution in [0.15, 0.2) is 77.8 Å². The third kappa shape index (κ3) is 7.65. The van der Waals surface area contributed by atoms with Gasteiger partial charge in [0.1, 0.15) is 6.04 Å². The number of amides is 2. The van der Waals surface area contributed by atoms with Crippen molar-refractivity contribution in [2.24, 2.45) is 0 Å². The van der Waals surface area contributed by atoms with Crippen molar-refractivity contribution in [3.8, 4) is 0 Å². The molecule has 0 spiro atoms. The second-order valence-corrected chi connectivity index (χ2v) is 12.0. The quantitative estimate of drug-likeness (QED) is 0.374. The third-order valence-electron chi connectivity index (χ3n) is 6.86. The summed E-state index contributed by atoms with van der Waals surface area (Å²) in [6.45, 7) is 3.33. The molecule has 1 atom stereocenters. The Balaban J connectivity index is 1.42. The van der Waals surface area contributed by atoms with Gasteiger partial charge in [0.25, 0.3) is 0 Å². The van der Waals surface area contributed by atoms with E-state index in [-0.39, 0.29) is 36.2 Å². The maximum atomic E-state index is 13.4. The average Bonchev–Trinajstić information content (AvgIpc) is 3.51. The average molecular weight is 569 g/mol. The Kier molecular flexibility index (Phi) is 9.72. The van der Waals surface area contributed by atoms with Crippen molar-refractivity contribution in [2.75, 3.05) is 13.1 Å². The van der Waals surface area contributed by atoms with Gasteiger partial charge in [0, 0.05) is 37.3 Å². The van der Waals surface area contributed by atoms with E-state index in [1.807, 2.05) is 24.3 Å². The monoisotopic (exact) mass is 568 g/mol. The predicted molar refractivity (Wildman–Crippen MR) is 150 cm³/mol. The molecule has 1 N–H and O–H groups in total. The zero-order valence-electron chi connectivity index (χ0n) is 21.9. The van der Waals surface area contributed by atoms with E-state index in [2.05, 4.69) is 10.3 Å². The van der Waals surface area contributed by atoms with Crippen LogP contribution in [0, 0.1) is 0 Å². The molecule has 1 aliphatic heterocycles. The fraction of sp³-hybridized carbons (Fsp3) is 0.345. The van der Waals surface area contributed by atoms with E-state index in [0.29, 0.717) is 24.5 Å². The van der Waals surface area contributed by atoms with Crippen LogP contribution in [-0.2, 0) is 39.1 Å². The molecule has 10 heteroatoms. The zero-order valence-corrected chi connectivity index (χ0v) is 23.5. The molecule has 0 radical (unpaired) electrons. The minimum Gasteiger partial charge on any atom is -0.349 e. The van der Waals surface area contributed by atoms with Gasteiger partial charge in [0.05, 0.1) is 17.1 Å². The molecular weight excluding hydrogens is 536 g/mol. The Morgan fingerprint density at radius 2 is 1.67 bits per heavy atom. The van der Waals surface area contributed by atoms with E-state index in [4.69, 9.17) is 11.6 Å². The summed E-state index contributed by atoms with van der Waals surface area (Å²) in [4.78, 5) is 32.5. The van der Waals surface area contributed by atoms with Crippen molar-refractivity contribution in [3.05, 3.63) is 94.8 Å². The number of carbonyl (C=O) groups excluding carboxylic acids is 2. The van der Waals surface area contributed by atoms with Gasteiger partial charge in [-0.3, -0.25) is 14.6 Å². The maximum absolute atomic E-state index is 13.4. The number of aryl methyl sites for hydroxylation is 1. The van der Waals surface area contributed by atoms with Crippen molar-refractivity contribution in [3.63, 3.8) is 0 Å². The first kappa shape index (κ1) is 28.7. The number of nitrogens with one attached hydrogen (secondary N) is 1. The van der Waals surface area contributed by atoms with Crippen LogP contribution >= 0.6 is 11.6 Å². The van der Waals surface area contributed by atoms with Crippen molar-refractivity contribution < 1.29 is 18.0 Å². The minimum atomic E-state index is -3.48. The number of pyridine rings is 1. The van der Waals surface area contributed by atoms with Crippen LogP contribution in [0.3, 0.4) is 0 Å². The minimum absolute atomic E-state index is 0.170. The summed E-state index contributed by atoms with van der Waals surface area (Å²) in [5, 5.41) is 3.46. The molecule has 1 aromatic heterocycles. The summed E-state index contributed by atoms with van der Waals surface area (Å²) in [6.07, 6.45) is 4.01. The highest BCUT2D eigenvalue weighted by molar-refractivity contribution is 7.89. The number of sulfonamides is 1. The van der Waals surface area contributed by atoms with Gasteiger partial charge in [0.2, 0.25) is 21.8 Å². The number of hydrogen-bond donors (Lipinski definition) is 1. The van der Waals surface area contributed by atoms with Crippen LogP contribution in [0.1, 0.15) is 43.0 Å².